The molecule has 0 aliphatic carbocycles. The van der Waals surface area contributed by atoms with E-state index in [1.165, 1.54) is 7.11 Å². The largest absolute Gasteiger partial charge is 0.399 e. The maximum atomic E-state index is 11.6. The molecule has 0 saturated carbocycles. The summed E-state index contributed by atoms with van der Waals surface area (Å²) in [5.41, 5.74) is 7.35. The molecule has 1 aromatic rings. The molecule has 0 spiro atoms. The predicted octanol–water partition coefficient (Wildman–Crippen LogP) is 0.325. The molecule has 100 valence electrons. The average molecular weight is 252 g/mol. The molecular weight excluding hydrogens is 232 g/mol. The number of nitrogens with one attached hydrogen (secondary N) is 1. The van der Waals surface area contributed by atoms with E-state index < -0.39 is 0 Å². The van der Waals surface area contributed by atoms with Crippen LogP contribution in [0.3, 0.4) is 0 Å². The summed E-state index contributed by atoms with van der Waals surface area (Å²) in [6, 6.07) is 7.10. The Balaban J connectivity index is 2.34. The van der Waals surface area contributed by atoms with E-state index in [0.717, 1.165) is 5.56 Å². The van der Waals surface area contributed by atoms with Gasteiger partial charge >= 0.3 is 0 Å². The summed E-state index contributed by atoms with van der Waals surface area (Å²) in [6.07, 6.45) is 1.03. The fourth-order valence-corrected chi connectivity index (χ4v) is 1.58. The zero-order chi connectivity index (χ0) is 13.4. The van der Waals surface area contributed by atoms with E-state index in [4.69, 9.17) is 15.6 Å². The fourth-order valence-electron chi connectivity index (χ4n) is 1.58. The summed E-state index contributed by atoms with van der Waals surface area (Å²) < 4.78 is 4.88. The van der Waals surface area contributed by atoms with E-state index in [9.17, 15) is 4.79 Å². The first-order valence-corrected chi connectivity index (χ1v) is 5.89. The summed E-state index contributed by atoms with van der Waals surface area (Å²) in [6.45, 7) is 0.186. The van der Waals surface area contributed by atoms with Crippen molar-refractivity contribution in [1.82, 2.24) is 5.32 Å². The van der Waals surface area contributed by atoms with Crippen LogP contribution in [0.15, 0.2) is 24.3 Å². The van der Waals surface area contributed by atoms with Gasteiger partial charge in [0.1, 0.15) is 0 Å². The number of aliphatic hydroxyl groups is 1. The topological polar surface area (TPSA) is 84.6 Å². The quantitative estimate of drug-likeness (QED) is 0.610. The van der Waals surface area contributed by atoms with Crippen LogP contribution >= 0.6 is 0 Å². The van der Waals surface area contributed by atoms with Crippen molar-refractivity contribution < 1.29 is 14.6 Å². The van der Waals surface area contributed by atoms with Gasteiger partial charge in [0, 0.05) is 19.2 Å². The highest BCUT2D eigenvalue weighted by atomic mass is 16.5. The third-order valence-electron chi connectivity index (χ3n) is 2.57. The molecule has 4 N–H and O–H groups in total. The van der Waals surface area contributed by atoms with Crippen LogP contribution in [0.2, 0.25) is 0 Å². The molecule has 0 bridgehead atoms. The molecule has 0 radical (unpaired) electrons. The molecule has 1 unspecified atom stereocenters. The van der Waals surface area contributed by atoms with Crippen molar-refractivity contribution >= 4 is 11.6 Å². The Hall–Kier alpha value is -1.59. The van der Waals surface area contributed by atoms with Crippen LogP contribution in [-0.4, -0.2) is 37.4 Å². The molecule has 1 rings (SSSR count). The van der Waals surface area contributed by atoms with Gasteiger partial charge in [-0.3, -0.25) is 4.79 Å². The summed E-state index contributed by atoms with van der Waals surface area (Å²) in [4.78, 5) is 11.6. The van der Waals surface area contributed by atoms with Gasteiger partial charge in [0.15, 0.2) is 0 Å². The van der Waals surface area contributed by atoms with Gasteiger partial charge in [0.2, 0.25) is 5.91 Å². The number of nitrogen functional groups attached to an aromatic ring is 1. The molecule has 0 saturated heterocycles. The number of hydrogen-bond donors (Lipinski definition) is 3. The number of carbonyl (C=O) groups is 1. The summed E-state index contributed by atoms with van der Waals surface area (Å²) in [5.74, 6) is -0.0945. The molecule has 5 nitrogen and oxygen atoms in total. The Morgan fingerprint density at radius 2 is 2.11 bits per heavy atom. The molecule has 0 aromatic heterocycles. The van der Waals surface area contributed by atoms with E-state index in [1.54, 1.807) is 0 Å². The average Bonchev–Trinajstić information content (AvgIpc) is 2.37. The number of aliphatic hydroxyl groups excluding tert-OH is 1. The molecule has 1 aromatic carbocycles. The van der Waals surface area contributed by atoms with Gasteiger partial charge in [-0.2, -0.15) is 0 Å². The first-order valence-electron chi connectivity index (χ1n) is 5.89. The van der Waals surface area contributed by atoms with Gasteiger partial charge in [-0.05, 0) is 24.1 Å². The Kier molecular flexibility index (Phi) is 6.18. The Labute approximate surface area is 107 Å². The van der Waals surface area contributed by atoms with Gasteiger partial charge < -0.3 is 20.9 Å². The number of amides is 1. The maximum Gasteiger partial charge on any atom is 0.220 e. The fraction of sp³-hybridized carbons (Fsp3) is 0.462. The number of nitrogens with two attached hydrogens (primary N) is 1. The molecule has 18 heavy (non-hydrogen) atoms. The third kappa shape index (κ3) is 5.16. The van der Waals surface area contributed by atoms with Gasteiger partial charge in [0.25, 0.3) is 0 Å². The SMILES string of the molecule is COCC(CO)NC(=O)CCc1ccc(N)cc1. The van der Waals surface area contributed by atoms with E-state index in [1.807, 2.05) is 24.3 Å². The van der Waals surface area contributed by atoms with Crippen molar-refractivity contribution in [1.29, 1.82) is 0 Å². The van der Waals surface area contributed by atoms with Crippen molar-refractivity contribution in [2.75, 3.05) is 26.1 Å². The maximum absolute atomic E-state index is 11.6. The lowest BCUT2D eigenvalue weighted by molar-refractivity contribution is -0.122. The first kappa shape index (κ1) is 14.5. The summed E-state index contributed by atoms with van der Waals surface area (Å²) in [5, 5.41) is 11.7. The number of carbonyl (C=O) groups excluding carboxylic acids is 1. The minimum Gasteiger partial charge on any atom is -0.399 e. The van der Waals surface area contributed by atoms with Gasteiger partial charge in [0.05, 0.1) is 19.3 Å². The Morgan fingerprint density at radius 3 is 2.67 bits per heavy atom. The van der Waals surface area contributed by atoms with E-state index in [2.05, 4.69) is 5.32 Å². The van der Waals surface area contributed by atoms with Crippen LogP contribution in [0.4, 0.5) is 5.69 Å². The number of benzene rings is 1. The van der Waals surface area contributed by atoms with Crippen molar-refractivity contribution in [3.05, 3.63) is 29.8 Å². The van der Waals surface area contributed by atoms with E-state index in [0.29, 0.717) is 25.1 Å². The van der Waals surface area contributed by atoms with Gasteiger partial charge in [-0.15, -0.1) is 0 Å². The second-order valence-electron chi connectivity index (χ2n) is 4.14. The second-order valence-corrected chi connectivity index (χ2v) is 4.14. The number of aryl methyl sites for hydroxylation is 1. The molecule has 0 heterocycles. The molecule has 1 amide bonds. The van der Waals surface area contributed by atoms with Crippen LogP contribution in [0, 0.1) is 0 Å². The van der Waals surface area contributed by atoms with Crippen LogP contribution in [0.25, 0.3) is 0 Å². The number of hydrogen-bond acceptors (Lipinski definition) is 4. The van der Waals surface area contributed by atoms with E-state index in [-0.39, 0.29) is 18.6 Å². The predicted molar refractivity (Wildman–Crippen MR) is 70.1 cm³/mol. The molecule has 0 fully saturated rings. The van der Waals surface area contributed by atoms with Crippen molar-refractivity contribution in [2.24, 2.45) is 0 Å². The second kappa shape index (κ2) is 7.68. The lowest BCUT2D eigenvalue weighted by Gasteiger charge is -2.15. The lowest BCUT2D eigenvalue weighted by atomic mass is 10.1. The minimum absolute atomic E-state index is 0.0945. The monoisotopic (exact) mass is 252 g/mol. The standard InChI is InChI=1S/C13H20N2O3/c1-18-9-12(8-16)15-13(17)7-4-10-2-5-11(14)6-3-10/h2-3,5-6,12,16H,4,7-9,14H2,1H3,(H,15,17). The highest BCUT2D eigenvalue weighted by Crippen LogP contribution is 2.07. The summed E-state index contributed by atoms with van der Waals surface area (Å²) >= 11 is 0. The van der Waals surface area contributed by atoms with Gasteiger partial charge in [-0.25, -0.2) is 0 Å². The molecular formula is C13H20N2O3. The number of anilines is 1. The van der Waals surface area contributed by atoms with E-state index >= 15 is 0 Å². The normalized spacial score (nSPS) is 12.1. The number of methoxy groups -OCH3 is 1. The number of ether oxygens (including phenoxy) is 1. The first-order chi connectivity index (χ1) is 8.65. The van der Waals surface area contributed by atoms with Gasteiger partial charge in [-0.1, -0.05) is 12.1 Å². The molecule has 1 atom stereocenters. The Bertz CT molecular complexity index is 365. The van der Waals surface area contributed by atoms with Crippen LogP contribution in [-0.2, 0) is 16.0 Å². The third-order valence-corrected chi connectivity index (χ3v) is 2.57. The molecule has 0 aliphatic heterocycles. The highest BCUT2D eigenvalue weighted by Gasteiger charge is 2.10. The highest BCUT2D eigenvalue weighted by molar-refractivity contribution is 5.76. The lowest BCUT2D eigenvalue weighted by Crippen LogP contribution is -2.40. The van der Waals surface area contributed by atoms with Crippen LogP contribution < -0.4 is 11.1 Å². The summed E-state index contributed by atoms with van der Waals surface area (Å²) in [7, 11) is 1.53. The van der Waals surface area contributed by atoms with Crippen molar-refractivity contribution in [3.8, 4) is 0 Å². The zero-order valence-electron chi connectivity index (χ0n) is 10.6. The number of rotatable bonds is 7. The van der Waals surface area contributed by atoms with Crippen LogP contribution in [0.1, 0.15) is 12.0 Å². The van der Waals surface area contributed by atoms with Crippen LogP contribution in [0.5, 0.6) is 0 Å². The molecule has 0 aliphatic rings. The minimum atomic E-state index is -0.339. The zero-order valence-corrected chi connectivity index (χ0v) is 10.6. The molecule has 5 heteroatoms. The van der Waals surface area contributed by atoms with Crippen molar-refractivity contribution in [3.63, 3.8) is 0 Å². The van der Waals surface area contributed by atoms with Crippen molar-refractivity contribution in [2.45, 2.75) is 18.9 Å². The Morgan fingerprint density at radius 1 is 1.44 bits per heavy atom. The smallest absolute Gasteiger partial charge is 0.220 e.